The molecule has 1 aromatic carbocycles. The van der Waals surface area contributed by atoms with E-state index in [2.05, 4.69) is 72.3 Å². The molecule has 0 heterocycles. The first-order valence-electron chi connectivity index (χ1n) is 5.61. The molecule has 100 valence electrons. The van der Waals surface area contributed by atoms with E-state index in [9.17, 15) is 4.79 Å². The summed E-state index contributed by atoms with van der Waals surface area (Å²) >= 11 is 10.2. The highest BCUT2D eigenvalue weighted by molar-refractivity contribution is 9.11. The Morgan fingerprint density at radius 3 is 2.33 bits per heavy atom. The van der Waals surface area contributed by atoms with Crippen molar-refractivity contribution < 1.29 is 4.79 Å². The molecule has 18 heavy (non-hydrogen) atoms. The van der Waals surface area contributed by atoms with E-state index in [1.807, 2.05) is 12.1 Å². The topological polar surface area (TPSA) is 41.1 Å². The van der Waals surface area contributed by atoms with E-state index in [0.717, 1.165) is 25.5 Å². The molecule has 0 aliphatic carbocycles. The summed E-state index contributed by atoms with van der Waals surface area (Å²) in [6, 6.07) is 4.12. The lowest BCUT2D eigenvalue weighted by molar-refractivity contribution is -0.115. The second-order valence-electron chi connectivity index (χ2n) is 3.98. The number of nitrogens with one attached hydrogen (secondary N) is 2. The van der Waals surface area contributed by atoms with E-state index < -0.39 is 0 Å². The van der Waals surface area contributed by atoms with Gasteiger partial charge in [-0.25, -0.2) is 0 Å². The number of benzene rings is 1. The number of halogens is 3. The van der Waals surface area contributed by atoms with Crippen LogP contribution in [0.3, 0.4) is 0 Å². The highest BCUT2D eigenvalue weighted by Crippen LogP contribution is 2.34. The molecule has 0 saturated heterocycles. The number of amides is 1. The lowest BCUT2D eigenvalue weighted by atomic mass is 10.2. The average molecular weight is 443 g/mol. The van der Waals surface area contributed by atoms with Crippen molar-refractivity contribution >= 4 is 59.4 Å². The first-order valence-corrected chi connectivity index (χ1v) is 7.99. The molecule has 0 fully saturated rings. The van der Waals surface area contributed by atoms with Crippen molar-refractivity contribution in [2.75, 3.05) is 11.9 Å². The molecule has 0 spiro atoms. The molecule has 1 atom stereocenters. The van der Waals surface area contributed by atoms with Gasteiger partial charge < -0.3 is 10.6 Å². The number of hydrogen-bond acceptors (Lipinski definition) is 2. The van der Waals surface area contributed by atoms with Crippen molar-refractivity contribution in [2.24, 2.45) is 0 Å². The van der Waals surface area contributed by atoms with Crippen LogP contribution in [-0.2, 0) is 4.79 Å². The lowest BCUT2D eigenvalue weighted by Crippen LogP contribution is -2.34. The number of hydrogen-bond donors (Lipinski definition) is 2. The van der Waals surface area contributed by atoms with Gasteiger partial charge in [-0.15, -0.1) is 0 Å². The maximum absolute atomic E-state index is 11.8. The zero-order valence-corrected chi connectivity index (χ0v) is 14.9. The second-order valence-corrected chi connectivity index (χ2v) is 6.61. The molecule has 3 nitrogen and oxygen atoms in total. The van der Waals surface area contributed by atoms with Gasteiger partial charge in [0, 0.05) is 19.5 Å². The zero-order valence-electron chi connectivity index (χ0n) is 10.2. The van der Waals surface area contributed by atoms with Gasteiger partial charge in [0.1, 0.15) is 0 Å². The molecule has 0 aliphatic rings. The molecule has 6 heteroatoms. The van der Waals surface area contributed by atoms with Crippen LogP contribution in [0.15, 0.2) is 25.6 Å². The Morgan fingerprint density at radius 1 is 1.28 bits per heavy atom. The molecule has 0 aliphatic heterocycles. The Kier molecular flexibility index (Phi) is 6.84. The molecule has 0 bridgehead atoms. The Bertz CT molecular complexity index is 414. The van der Waals surface area contributed by atoms with Crippen molar-refractivity contribution in [3.63, 3.8) is 0 Å². The number of anilines is 1. The van der Waals surface area contributed by atoms with Crippen LogP contribution < -0.4 is 10.6 Å². The van der Waals surface area contributed by atoms with Crippen LogP contribution in [0.2, 0.25) is 0 Å². The first-order chi connectivity index (χ1) is 8.43. The molecule has 0 aromatic heterocycles. The van der Waals surface area contributed by atoms with Gasteiger partial charge >= 0.3 is 0 Å². The minimum Gasteiger partial charge on any atom is -0.323 e. The van der Waals surface area contributed by atoms with E-state index in [-0.39, 0.29) is 5.91 Å². The second kappa shape index (κ2) is 7.62. The molecule has 1 amide bonds. The summed E-state index contributed by atoms with van der Waals surface area (Å²) in [6.45, 7) is 4.44. The quantitative estimate of drug-likeness (QED) is 0.713. The van der Waals surface area contributed by atoms with E-state index >= 15 is 0 Å². The molecule has 1 unspecified atom stereocenters. The van der Waals surface area contributed by atoms with Gasteiger partial charge in [-0.3, -0.25) is 4.79 Å². The standard InChI is InChI=1S/C12H15Br3N2O/c1-3-7(2)16-6-11(18)17-12-9(14)4-8(13)5-10(12)15/h4-5,7,16H,3,6H2,1-2H3,(H,17,18). The summed E-state index contributed by atoms with van der Waals surface area (Å²) in [5, 5.41) is 6.02. The summed E-state index contributed by atoms with van der Waals surface area (Å²) in [4.78, 5) is 11.8. The lowest BCUT2D eigenvalue weighted by Gasteiger charge is -2.13. The smallest absolute Gasteiger partial charge is 0.238 e. The Morgan fingerprint density at radius 2 is 1.83 bits per heavy atom. The Balaban J connectivity index is 2.65. The summed E-state index contributed by atoms with van der Waals surface area (Å²) in [7, 11) is 0. The van der Waals surface area contributed by atoms with Crippen molar-refractivity contribution in [3.05, 3.63) is 25.6 Å². The third-order valence-corrected chi connectivity index (χ3v) is 4.20. The highest BCUT2D eigenvalue weighted by Gasteiger charge is 2.11. The van der Waals surface area contributed by atoms with E-state index in [4.69, 9.17) is 0 Å². The van der Waals surface area contributed by atoms with Gasteiger partial charge in [-0.05, 0) is 57.3 Å². The summed E-state index contributed by atoms with van der Waals surface area (Å²) in [6.07, 6.45) is 0.999. The molecule has 0 saturated carbocycles. The molecule has 0 radical (unpaired) electrons. The monoisotopic (exact) mass is 440 g/mol. The third-order valence-electron chi connectivity index (χ3n) is 2.49. The van der Waals surface area contributed by atoms with Crippen molar-refractivity contribution in [2.45, 2.75) is 26.3 Å². The van der Waals surface area contributed by atoms with E-state index in [1.54, 1.807) is 0 Å². The summed E-state index contributed by atoms with van der Waals surface area (Å²) in [5.74, 6) is -0.0565. The van der Waals surface area contributed by atoms with Crippen LogP contribution in [0.4, 0.5) is 5.69 Å². The molecule has 2 N–H and O–H groups in total. The highest BCUT2D eigenvalue weighted by atomic mass is 79.9. The van der Waals surface area contributed by atoms with Crippen LogP contribution in [0, 0.1) is 0 Å². The average Bonchev–Trinajstić information content (AvgIpc) is 2.30. The predicted molar refractivity (Wildman–Crippen MR) is 85.9 cm³/mol. The molecule has 1 aromatic rings. The van der Waals surface area contributed by atoms with Crippen LogP contribution in [0.1, 0.15) is 20.3 Å². The minimum absolute atomic E-state index is 0.0565. The van der Waals surface area contributed by atoms with E-state index in [1.165, 1.54) is 0 Å². The van der Waals surface area contributed by atoms with E-state index in [0.29, 0.717) is 12.6 Å². The fourth-order valence-corrected chi connectivity index (χ4v) is 3.71. The number of rotatable bonds is 5. The Labute approximate surface area is 132 Å². The zero-order chi connectivity index (χ0) is 13.7. The maximum Gasteiger partial charge on any atom is 0.238 e. The van der Waals surface area contributed by atoms with Crippen molar-refractivity contribution in [3.8, 4) is 0 Å². The van der Waals surface area contributed by atoms with Gasteiger partial charge in [-0.1, -0.05) is 22.9 Å². The van der Waals surface area contributed by atoms with Crippen LogP contribution >= 0.6 is 47.8 Å². The first kappa shape index (κ1) is 16.1. The number of carbonyl (C=O) groups excluding carboxylic acids is 1. The summed E-state index contributed by atoms with van der Waals surface area (Å²) < 4.78 is 2.61. The predicted octanol–water partition coefficient (Wildman–Crippen LogP) is 4.30. The van der Waals surface area contributed by atoms with Gasteiger partial charge in [0.15, 0.2) is 0 Å². The van der Waals surface area contributed by atoms with Gasteiger partial charge in [-0.2, -0.15) is 0 Å². The SMILES string of the molecule is CCC(C)NCC(=O)Nc1c(Br)cc(Br)cc1Br. The molecule has 1 rings (SSSR count). The molecular formula is C12H15Br3N2O. The van der Waals surface area contributed by atoms with Gasteiger partial charge in [0.25, 0.3) is 0 Å². The Hall–Kier alpha value is 0.0900. The minimum atomic E-state index is -0.0565. The van der Waals surface area contributed by atoms with Crippen LogP contribution in [0.25, 0.3) is 0 Å². The maximum atomic E-state index is 11.8. The fraction of sp³-hybridized carbons (Fsp3) is 0.417. The normalized spacial score (nSPS) is 12.3. The summed E-state index contributed by atoms with van der Waals surface area (Å²) in [5.41, 5.74) is 0.745. The van der Waals surface area contributed by atoms with Crippen molar-refractivity contribution in [1.82, 2.24) is 5.32 Å². The van der Waals surface area contributed by atoms with Crippen molar-refractivity contribution in [1.29, 1.82) is 0 Å². The van der Waals surface area contributed by atoms with Crippen LogP contribution in [0.5, 0.6) is 0 Å². The fourth-order valence-electron chi connectivity index (χ4n) is 1.26. The third kappa shape index (κ3) is 4.99. The van der Waals surface area contributed by atoms with Crippen LogP contribution in [-0.4, -0.2) is 18.5 Å². The molecular weight excluding hydrogens is 428 g/mol. The number of carbonyl (C=O) groups is 1. The van der Waals surface area contributed by atoms with Gasteiger partial charge in [0.05, 0.1) is 12.2 Å². The van der Waals surface area contributed by atoms with Gasteiger partial charge in [0.2, 0.25) is 5.91 Å². The largest absolute Gasteiger partial charge is 0.323 e.